The maximum atomic E-state index is 12.8. The van der Waals surface area contributed by atoms with Gasteiger partial charge in [-0.25, -0.2) is 4.98 Å². The fourth-order valence-corrected chi connectivity index (χ4v) is 3.53. The van der Waals surface area contributed by atoms with Crippen molar-refractivity contribution in [2.24, 2.45) is 7.05 Å². The van der Waals surface area contributed by atoms with E-state index in [0.717, 1.165) is 32.5 Å². The first-order chi connectivity index (χ1) is 12.3. The average molecular weight is 417 g/mol. The molecule has 1 N–H and O–H groups in total. The summed E-state index contributed by atoms with van der Waals surface area (Å²) in [5.41, 5.74) is 3.87. The van der Waals surface area contributed by atoms with E-state index in [1.54, 1.807) is 11.8 Å². The van der Waals surface area contributed by atoms with E-state index in [4.69, 9.17) is 4.74 Å². The number of halogens is 1. The van der Waals surface area contributed by atoms with Crippen molar-refractivity contribution in [3.8, 4) is 5.75 Å². The molecule has 1 atom stereocenters. The van der Waals surface area contributed by atoms with E-state index < -0.39 is 0 Å². The smallest absolute Gasteiger partial charge is 0.253 e. The molecule has 0 saturated heterocycles. The molecule has 2 heterocycles. The summed E-state index contributed by atoms with van der Waals surface area (Å²) in [6.45, 7) is 5.70. The number of hydrogen-bond acceptors (Lipinski definition) is 4. The molecule has 3 rings (SSSR count). The highest BCUT2D eigenvalue weighted by Crippen LogP contribution is 2.28. The molecule has 0 bridgehead atoms. The quantitative estimate of drug-likeness (QED) is 0.700. The van der Waals surface area contributed by atoms with Gasteiger partial charge in [0.25, 0.3) is 5.91 Å². The number of ether oxygens (including phenoxy) is 1. The molecular formula is C19H21BrN4O2. The van der Waals surface area contributed by atoms with E-state index in [1.165, 1.54) is 0 Å². The van der Waals surface area contributed by atoms with Crippen molar-refractivity contribution in [2.45, 2.75) is 26.8 Å². The number of carbonyl (C=O) groups excluding carboxylic acids is 1. The van der Waals surface area contributed by atoms with Crippen molar-refractivity contribution in [3.05, 3.63) is 51.3 Å². The van der Waals surface area contributed by atoms with Crippen LogP contribution in [0.1, 0.15) is 40.3 Å². The summed E-state index contributed by atoms with van der Waals surface area (Å²) in [5.74, 6) is 0.601. The molecule has 1 amide bonds. The summed E-state index contributed by atoms with van der Waals surface area (Å²) >= 11 is 3.48. The Labute approximate surface area is 160 Å². The molecule has 1 unspecified atom stereocenters. The largest absolute Gasteiger partial charge is 0.496 e. The lowest BCUT2D eigenvalue weighted by molar-refractivity contribution is 0.0939. The Bertz CT molecular complexity index is 997. The molecular weight excluding hydrogens is 396 g/mol. The van der Waals surface area contributed by atoms with Crippen LogP contribution in [0.25, 0.3) is 11.0 Å². The predicted molar refractivity (Wildman–Crippen MR) is 105 cm³/mol. The summed E-state index contributed by atoms with van der Waals surface area (Å²) in [6.07, 6.45) is 0. The second-order valence-electron chi connectivity index (χ2n) is 6.29. The van der Waals surface area contributed by atoms with Gasteiger partial charge < -0.3 is 10.1 Å². The van der Waals surface area contributed by atoms with E-state index in [1.807, 2.05) is 52.1 Å². The Morgan fingerprint density at radius 3 is 2.65 bits per heavy atom. The van der Waals surface area contributed by atoms with Gasteiger partial charge in [0, 0.05) is 12.4 Å². The number of benzene rings is 1. The average Bonchev–Trinajstić information content (AvgIpc) is 2.87. The molecule has 0 aliphatic rings. The minimum atomic E-state index is -0.158. The SMILES string of the molecule is COc1ccc(C(C)NC(=O)c2cc3c(C)nn(C)c3nc2C)cc1Br. The highest BCUT2D eigenvalue weighted by molar-refractivity contribution is 9.10. The minimum Gasteiger partial charge on any atom is -0.496 e. The van der Waals surface area contributed by atoms with Crippen LogP contribution in [0.3, 0.4) is 0 Å². The van der Waals surface area contributed by atoms with Crippen molar-refractivity contribution in [2.75, 3.05) is 7.11 Å². The Balaban J connectivity index is 1.87. The van der Waals surface area contributed by atoms with Gasteiger partial charge in [-0.1, -0.05) is 6.07 Å². The summed E-state index contributed by atoms with van der Waals surface area (Å²) < 4.78 is 7.83. The Hall–Kier alpha value is -2.41. The standard InChI is InChI=1S/C19H21BrN4O2/c1-10(13-6-7-17(26-5)16(20)8-13)22-19(25)15-9-14-12(3)23-24(4)18(14)21-11(15)2/h6-10H,1-5H3,(H,22,25). The lowest BCUT2D eigenvalue weighted by Gasteiger charge is -2.16. The topological polar surface area (TPSA) is 69.0 Å². The molecule has 26 heavy (non-hydrogen) atoms. The minimum absolute atomic E-state index is 0.153. The highest BCUT2D eigenvalue weighted by Gasteiger charge is 2.18. The molecule has 0 radical (unpaired) electrons. The third-order valence-corrected chi connectivity index (χ3v) is 5.08. The molecule has 0 aliphatic heterocycles. The van der Waals surface area contributed by atoms with Gasteiger partial charge in [0.05, 0.1) is 34.6 Å². The normalized spacial score (nSPS) is 12.2. The summed E-state index contributed by atoms with van der Waals surface area (Å²) in [5, 5.41) is 8.30. The number of nitrogens with one attached hydrogen (secondary N) is 1. The van der Waals surface area contributed by atoms with Crippen LogP contribution in [0.4, 0.5) is 0 Å². The number of pyridine rings is 1. The first-order valence-electron chi connectivity index (χ1n) is 8.27. The van der Waals surface area contributed by atoms with E-state index in [2.05, 4.69) is 31.3 Å². The van der Waals surface area contributed by atoms with Gasteiger partial charge in [0.1, 0.15) is 5.75 Å². The number of aromatic nitrogens is 3. The van der Waals surface area contributed by atoms with Gasteiger partial charge in [0.2, 0.25) is 0 Å². The number of rotatable bonds is 4. The zero-order chi connectivity index (χ0) is 19.0. The second kappa shape index (κ2) is 7.07. The third-order valence-electron chi connectivity index (χ3n) is 4.46. The number of fused-ring (bicyclic) bond motifs is 1. The molecule has 0 spiro atoms. The van der Waals surface area contributed by atoms with Crippen LogP contribution in [0.15, 0.2) is 28.7 Å². The van der Waals surface area contributed by atoms with Crippen molar-refractivity contribution in [1.29, 1.82) is 0 Å². The molecule has 0 saturated carbocycles. The number of carbonyl (C=O) groups is 1. The number of hydrogen-bond donors (Lipinski definition) is 1. The van der Waals surface area contributed by atoms with Gasteiger partial charge >= 0.3 is 0 Å². The van der Waals surface area contributed by atoms with E-state index >= 15 is 0 Å². The zero-order valence-corrected chi connectivity index (χ0v) is 17.0. The lowest BCUT2D eigenvalue weighted by Crippen LogP contribution is -2.27. The molecule has 0 fully saturated rings. The van der Waals surface area contributed by atoms with Crippen molar-refractivity contribution < 1.29 is 9.53 Å². The van der Waals surface area contributed by atoms with Crippen LogP contribution < -0.4 is 10.1 Å². The van der Waals surface area contributed by atoms with Crippen molar-refractivity contribution >= 4 is 32.9 Å². The Kier molecular flexibility index (Phi) is 5.00. The van der Waals surface area contributed by atoms with Gasteiger partial charge in [-0.3, -0.25) is 9.48 Å². The number of methoxy groups -OCH3 is 1. The fourth-order valence-electron chi connectivity index (χ4n) is 2.97. The van der Waals surface area contributed by atoms with Crippen LogP contribution in [-0.2, 0) is 7.05 Å². The maximum absolute atomic E-state index is 12.8. The molecule has 1 aromatic carbocycles. The third kappa shape index (κ3) is 3.31. The van der Waals surface area contributed by atoms with E-state index in [0.29, 0.717) is 11.3 Å². The number of nitrogens with zero attached hydrogens (tertiary/aromatic N) is 3. The maximum Gasteiger partial charge on any atom is 0.253 e. The second-order valence-corrected chi connectivity index (χ2v) is 7.14. The Morgan fingerprint density at radius 2 is 2.00 bits per heavy atom. The Morgan fingerprint density at radius 1 is 1.27 bits per heavy atom. The lowest BCUT2D eigenvalue weighted by atomic mass is 10.1. The summed E-state index contributed by atoms with van der Waals surface area (Å²) in [6, 6.07) is 7.47. The zero-order valence-electron chi connectivity index (χ0n) is 15.4. The first-order valence-corrected chi connectivity index (χ1v) is 9.06. The monoisotopic (exact) mass is 416 g/mol. The van der Waals surface area contributed by atoms with Crippen molar-refractivity contribution in [1.82, 2.24) is 20.1 Å². The van der Waals surface area contributed by atoms with Gasteiger partial charge in [0.15, 0.2) is 5.65 Å². The van der Waals surface area contributed by atoms with Gasteiger partial charge in [-0.15, -0.1) is 0 Å². The molecule has 0 aliphatic carbocycles. The van der Waals surface area contributed by atoms with E-state index in [-0.39, 0.29) is 11.9 Å². The number of amides is 1. The predicted octanol–water partition coefficient (Wildman–Crippen LogP) is 3.85. The highest BCUT2D eigenvalue weighted by atomic mass is 79.9. The van der Waals surface area contributed by atoms with Crippen LogP contribution in [0.5, 0.6) is 5.75 Å². The van der Waals surface area contributed by atoms with Crippen LogP contribution in [0, 0.1) is 13.8 Å². The molecule has 2 aromatic heterocycles. The van der Waals surface area contributed by atoms with Crippen molar-refractivity contribution in [3.63, 3.8) is 0 Å². The molecule has 3 aromatic rings. The molecule has 6 nitrogen and oxygen atoms in total. The van der Waals surface area contributed by atoms with Crippen LogP contribution in [0.2, 0.25) is 0 Å². The first kappa shape index (κ1) is 18.4. The molecule has 136 valence electrons. The fraction of sp³-hybridized carbons (Fsp3) is 0.316. The summed E-state index contributed by atoms with van der Waals surface area (Å²) in [7, 11) is 3.47. The van der Waals surface area contributed by atoms with E-state index in [9.17, 15) is 4.79 Å². The number of aryl methyl sites for hydroxylation is 3. The van der Waals surface area contributed by atoms with Crippen LogP contribution in [-0.4, -0.2) is 27.8 Å². The van der Waals surface area contributed by atoms with Crippen LogP contribution >= 0.6 is 15.9 Å². The summed E-state index contributed by atoms with van der Waals surface area (Å²) in [4.78, 5) is 17.4. The van der Waals surface area contributed by atoms with Gasteiger partial charge in [-0.2, -0.15) is 5.10 Å². The van der Waals surface area contributed by atoms with Gasteiger partial charge in [-0.05, 0) is 60.5 Å². The molecule has 7 heteroatoms.